The number of ether oxygens (including phenoxy) is 1. The van der Waals surface area contributed by atoms with Crippen LogP contribution in [0, 0.1) is 0 Å². The molecule has 7 nitrogen and oxygen atoms in total. The van der Waals surface area contributed by atoms with Crippen LogP contribution in [-0.4, -0.2) is 27.1 Å². The summed E-state index contributed by atoms with van der Waals surface area (Å²) in [4.78, 5) is 12.7. The molecule has 0 aliphatic carbocycles. The van der Waals surface area contributed by atoms with Gasteiger partial charge in [-0.25, -0.2) is 13.6 Å². The molecule has 140 valence electrons. The molecule has 0 unspecified atom stereocenters. The minimum absolute atomic E-state index is 0.0301. The molecule has 1 heterocycles. The van der Waals surface area contributed by atoms with Crippen LogP contribution in [0.1, 0.15) is 12.5 Å². The van der Waals surface area contributed by atoms with E-state index in [1.54, 1.807) is 26.2 Å². The Labute approximate surface area is 165 Å². The van der Waals surface area contributed by atoms with Crippen molar-refractivity contribution in [3.8, 4) is 5.75 Å². The standard InChI is InChI=1S/C18H16BrN3O4S/c1-11-15(9-12-3-8-17(26-2)16(19)10-12)18(23)22(21-11)13-4-6-14(7-5-13)27(20,24)25/h3-10H,1-2H3,(H2,20,24,25). The minimum Gasteiger partial charge on any atom is -0.496 e. The Morgan fingerprint density at radius 1 is 1.19 bits per heavy atom. The fourth-order valence-electron chi connectivity index (χ4n) is 2.58. The van der Waals surface area contributed by atoms with Gasteiger partial charge in [0.2, 0.25) is 10.0 Å². The largest absolute Gasteiger partial charge is 0.496 e. The van der Waals surface area contributed by atoms with Crippen LogP contribution in [0.15, 0.2) is 62.5 Å². The number of primary sulfonamides is 1. The Bertz CT molecular complexity index is 1080. The van der Waals surface area contributed by atoms with Crippen LogP contribution in [0.5, 0.6) is 5.75 Å². The van der Waals surface area contributed by atoms with E-state index >= 15 is 0 Å². The third kappa shape index (κ3) is 3.95. The first-order valence-corrected chi connectivity index (χ1v) is 10.1. The molecule has 0 saturated carbocycles. The van der Waals surface area contributed by atoms with Gasteiger partial charge in [-0.1, -0.05) is 6.07 Å². The van der Waals surface area contributed by atoms with Gasteiger partial charge in [0.05, 0.1) is 33.5 Å². The molecule has 0 saturated heterocycles. The van der Waals surface area contributed by atoms with E-state index in [0.717, 1.165) is 10.0 Å². The first kappa shape index (κ1) is 19.3. The van der Waals surface area contributed by atoms with Crippen molar-refractivity contribution >= 4 is 49.3 Å². The Balaban J connectivity index is 1.91. The summed E-state index contributed by atoms with van der Waals surface area (Å²) in [5, 5.41) is 10.6. The van der Waals surface area contributed by atoms with Gasteiger partial charge in [-0.2, -0.15) is 10.1 Å². The van der Waals surface area contributed by atoms with Crippen LogP contribution in [0.2, 0.25) is 0 Å². The van der Waals surface area contributed by atoms with E-state index in [2.05, 4.69) is 21.0 Å². The predicted molar refractivity (Wildman–Crippen MR) is 107 cm³/mol. The van der Waals surface area contributed by atoms with E-state index in [-0.39, 0.29) is 10.8 Å². The Morgan fingerprint density at radius 3 is 2.41 bits per heavy atom. The van der Waals surface area contributed by atoms with Crippen molar-refractivity contribution in [2.45, 2.75) is 11.8 Å². The summed E-state index contributed by atoms with van der Waals surface area (Å²) < 4.78 is 28.7. The summed E-state index contributed by atoms with van der Waals surface area (Å²) in [6.45, 7) is 1.74. The van der Waals surface area contributed by atoms with E-state index in [0.29, 0.717) is 22.7 Å². The van der Waals surface area contributed by atoms with Gasteiger partial charge >= 0.3 is 0 Å². The highest BCUT2D eigenvalue weighted by Crippen LogP contribution is 2.29. The molecular weight excluding hydrogens is 434 g/mol. The number of halogens is 1. The minimum atomic E-state index is -3.79. The van der Waals surface area contributed by atoms with Gasteiger partial charge < -0.3 is 4.74 Å². The maximum Gasteiger partial charge on any atom is 0.280 e. The number of anilines is 1. The average Bonchev–Trinajstić information content (AvgIpc) is 2.89. The second kappa shape index (κ2) is 7.26. The second-order valence-corrected chi connectivity index (χ2v) is 8.21. The molecule has 2 aromatic carbocycles. The van der Waals surface area contributed by atoms with Crippen molar-refractivity contribution in [3.05, 3.63) is 58.1 Å². The zero-order valence-corrected chi connectivity index (χ0v) is 16.9. The van der Waals surface area contributed by atoms with Crippen LogP contribution in [0.25, 0.3) is 6.08 Å². The number of carbonyl (C=O) groups excluding carboxylic acids is 1. The highest BCUT2D eigenvalue weighted by Gasteiger charge is 2.28. The summed E-state index contributed by atoms with van der Waals surface area (Å²) in [7, 11) is -2.22. The number of rotatable bonds is 4. The lowest BCUT2D eigenvalue weighted by Gasteiger charge is -2.12. The molecule has 1 aliphatic rings. The first-order chi connectivity index (χ1) is 12.7. The van der Waals surface area contributed by atoms with E-state index in [1.807, 2.05) is 12.1 Å². The van der Waals surface area contributed by atoms with Gasteiger partial charge in [-0.05, 0) is 70.9 Å². The highest BCUT2D eigenvalue weighted by molar-refractivity contribution is 9.10. The smallest absolute Gasteiger partial charge is 0.280 e. The van der Waals surface area contributed by atoms with E-state index in [4.69, 9.17) is 9.88 Å². The predicted octanol–water partition coefficient (Wildman–Crippen LogP) is 2.91. The molecule has 0 fully saturated rings. The number of hydrogen-bond donors (Lipinski definition) is 1. The molecule has 3 rings (SSSR count). The Hall–Kier alpha value is -2.49. The lowest BCUT2D eigenvalue weighted by Crippen LogP contribution is -2.21. The van der Waals surface area contributed by atoms with Crippen molar-refractivity contribution in [1.82, 2.24) is 0 Å². The van der Waals surface area contributed by atoms with Crippen LogP contribution < -0.4 is 14.9 Å². The third-order valence-electron chi connectivity index (χ3n) is 3.96. The molecular formula is C18H16BrN3O4S. The third-order valence-corrected chi connectivity index (χ3v) is 5.51. The van der Waals surface area contributed by atoms with Crippen LogP contribution in [0.4, 0.5) is 5.69 Å². The summed E-state index contributed by atoms with van der Waals surface area (Å²) in [6.07, 6.45) is 1.74. The quantitative estimate of drug-likeness (QED) is 0.724. The molecule has 0 atom stereocenters. The van der Waals surface area contributed by atoms with Crippen molar-refractivity contribution in [1.29, 1.82) is 0 Å². The van der Waals surface area contributed by atoms with E-state index in [1.165, 1.54) is 29.3 Å². The zero-order chi connectivity index (χ0) is 19.8. The summed E-state index contributed by atoms with van der Waals surface area (Å²) in [5.74, 6) is 0.389. The Morgan fingerprint density at radius 2 is 1.85 bits per heavy atom. The molecule has 1 aliphatic heterocycles. The van der Waals surface area contributed by atoms with Gasteiger partial charge in [0.1, 0.15) is 5.75 Å². The average molecular weight is 450 g/mol. The monoisotopic (exact) mass is 449 g/mol. The van der Waals surface area contributed by atoms with E-state index in [9.17, 15) is 13.2 Å². The maximum atomic E-state index is 12.8. The number of nitrogens with zero attached hydrogens (tertiary/aromatic N) is 2. The van der Waals surface area contributed by atoms with Gasteiger partial charge in [0.15, 0.2) is 0 Å². The molecule has 0 radical (unpaired) electrons. The van der Waals surface area contributed by atoms with Crippen LogP contribution in [-0.2, 0) is 14.8 Å². The second-order valence-electron chi connectivity index (χ2n) is 5.79. The van der Waals surface area contributed by atoms with Crippen molar-refractivity contribution < 1.29 is 17.9 Å². The van der Waals surface area contributed by atoms with Crippen LogP contribution in [0.3, 0.4) is 0 Å². The van der Waals surface area contributed by atoms with Gasteiger partial charge in [-0.15, -0.1) is 0 Å². The van der Waals surface area contributed by atoms with E-state index < -0.39 is 10.0 Å². The number of benzene rings is 2. The first-order valence-electron chi connectivity index (χ1n) is 7.79. The summed E-state index contributed by atoms with van der Waals surface area (Å²) in [5.41, 5.74) is 2.27. The SMILES string of the molecule is COc1ccc(C=C2C(=O)N(c3ccc(S(N)(=O)=O)cc3)N=C2C)cc1Br. The maximum absolute atomic E-state index is 12.8. The van der Waals surface area contributed by atoms with Crippen molar-refractivity contribution in [2.75, 3.05) is 12.1 Å². The Kier molecular flexibility index (Phi) is 5.18. The molecule has 0 bridgehead atoms. The fourth-order valence-corrected chi connectivity index (χ4v) is 3.65. The number of hydrogen-bond acceptors (Lipinski definition) is 5. The van der Waals surface area contributed by atoms with Crippen LogP contribution >= 0.6 is 15.9 Å². The topological polar surface area (TPSA) is 102 Å². The zero-order valence-electron chi connectivity index (χ0n) is 14.5. The van der Waals surface area contributed by atoms with Gasteiger partial charge in [-0.3, -0.25) is 4.79 Å². The van der Waals surface area contributed by atoms with Crippen molar-refractivity contribution in [2.24, 2.45) is 10.2 Å². The lowest BCUT2D eigenvalue weighted by molar-refractivity contribution is -0.114. The number of carbonyl (C=O) groups is 1. The molecule has 2 N–H and O–H groups in total. The molecule has 1 amide bonds. The number of methoxy groups -OCH3 is 1. The molecule has 2 aromatic rings. The molecule has 27 heavy (non-hydrogen) atoms. The molecule has 0 aromatic heterocycles. The number of sulfonamides is 1. The number of nitrogens with two attached hydrogens (primary N) is 1. The highest BCUT2D eigenvalue weighted by atomic mass is 79.9. The normalized spacial score (nSPS) is 16.0. The fraction of sp³-hybridized carbons (Fsp3) is 0.111. The number of hydrazone groups is 1. The molecule has 0 spiro atoms. The lowest BCUT2D eigenvalue weighted by atomic mass is 10.1. The van der Waals surface area contributed by atoms with Gasteiger partial charge in [0.25, 0.3) is 5.91 Å². The van der Waals surface area contributed by atoms with Crippen molar-refractivity contribution in [3.63, 3.8) is 0 Å². The van der Waals surface area contributed by atoms with Gasteiger partial charge in [0, 0.05) is 0 Å². The number of amides is 1. The summed E-state index contributed by atoms with van der Waals surface area (Å²) >= 11 is 3.42. The summed E-state index contributed by atoms with van der Waals surface area (Å²) in [6, 6.07) is 11.1. The molecule has 9 heteroatoms.